The van der Waals surface area contributed by atoms with Crippen LogP contribution in [0.1, 0.15) is 6.42 Å². The van der Waals surface area contributed by atoms with Gasteiger partial charge >= 0.3 is 12.1 Å². The molecule has 1 aromatic carbocycles. The predicted octanol–water partition coefficient (Wildman–Crippen LogP) is 1.57. The predicted molar refractivity (Wildman–Crippen MR) is 100 cm³/mol. The summed E-state index contributed by atoms with van der Waals surface area (Å²) in [5, 5.41) is 7.12. The van der Waals surface area contributed by atoms with E-state index in [1.54, 1.807) is 7.11 Å². The van der Waals surface area contributed by atoms with Crippen LogP contribution in [0.15, 0.2) is 29.2 Å². The molecule has 2 aliphatic heterocycles. The molecule has 1 aromatic rings. The monoisotopic (exact) mass is 472 g/mol. The zero-order chi connectivity index (χ0) is 23.2. The van der Waals surface area contributed by atoms with Crippen molar-refractivity contribution < 1.29 is 45.4 Å². The van der Waals surface area contributed by atoms with Crippen molar-refractivity contribution in [2.75, 3.05) is 46.5 Å². The minimum absolute atomic E-state index is 0.124. The van der Waals surface area contributed by atoms with Crippen LogP contribution >= 0.6 is 0 Å². The fourth-order valence-electron chi connectivity index (χ4n) is 3.36. The molecule has 2 atom stereocenters. The van der Waals surface area contributed by atoms with Gasteiger partial charge in [0, 0.05) is 39.3 Å². The van der Waals surface area contributed by atoms with Crippen LogP contribution < -0.4 is 0 Å². The summed E-state index contributed by atoms with van der Waals surface area (Å²) in [6.45, 7) is 3.53. The lowest BCUT2D eigenvalue weighted by molar-refractivity contribution is -0.192. The molecule has 2 saturated heterocycles. The molecule has 0 radical (unpaired) electrons. The normalized spacial score (nSPS) is 22.5. The lowest BCUT2D eigenvalue weighted by Gasteiger charge is -2.36. The van der Waals surface area contributed by atoms with E-state index >= 15 is 0 Å². The molecule has 2 aliphatic rings. The molecule has 2 fully saturated rings. The molecule has 1 N–H and O–H groups in total. The van der Waals surface area contributed by atoms with Crippen molar-refractivity contribution in [1.29, 1.82) is 0 Å². The second kappa shape index (κ2) is 10.7. The van der Waals surface area contributed by atoms with E-state index < -0.39 is 28.0 Å². The molecule has 2 heterocycles. The Hall–Kier alpha value is -1.80. The van der Waals surface area contributed by atoms with Gasteiger partial charge in [0.05, 0.1) is 24.2 Å². The zero-order valence-electron chi connectivity index (χ0n) is 16.7. The number of carboxylic acids is 1. The van der Waals surface area contributed by atoms with Gasteiger partial charge in [-0.25, -0.2) is 17.6 Å². The average molecular weight is 472 g/mol. The number of aliphatic carboxylic acids is 1. The molecule has 13 heteroatoms. The van der Waals surface area contributed by atoms with Gasteiger partial charge in [0.25, 0.3) is 0 Å². The molecule has 0 unspecified atom stereocenters. The second-order valence-electron chi connectivity index (χ2n) is 6.99. The highest BCUT2D eigenvalue weighted by Gasteiger charge is 2.40. The van der Waals surface area contributed by atoms with Crippen molar-refractivity contribution in [3.05, 3.63) is 30.1 Å². The Morgan fingerprint density at radius 3 is 2.32 bits per heavy atom. The van der Waals surface area contributed by atoms with Crippen LogP contribution in [0.5, 0.6) is 0 Å². The van der Waals surface area contributed by atoms with Crippen molar-refractivity contribution in [2.24, 2.45) is 0 Å². The minimum Gasteiger partial charge on any atom is -0.475 e. The molecular formula is C18H24F4N2O6S. The quantitative estimate of drug-likeness (QED) is 0.496. The maximum absolute atomic E-state index is 13.0. The van der Waals surface area contributed by atoms with E-state index in [4.69, 9.17) is 19.4 Å². The van der Waals surface area contributed by atoms with Gasteiger partial charge in [-0.3, -0.25) is 4.90 Å². The molecule has 0 saturated carbocycles. The van der Waals surface area contributed by atoms with Gasteiger partial charge < -0.3 is 14.6 Å². The smallest absolute Gasteiger partial charge is 0.475 e. The van der Waals surface area contributed by atoms with E-state index in [-0.39, 0.29) is 17.0 Å². The lowest BCUT2D eigenvalue weighted by Crippen LogP contribution is -2.51. The third-order valence-electron chi connectivity index (χ3n) is 4.88. The number of methoxy groups -OCH3 is 1. The summed E-state index contributed by atoms with van der Waals surface area (Å²) in [7, 11) is -1.94. The van der Waals surface area contributed by atoms with Gasteiger partial charge in [0.1, 0.15) is 5.82 Å². The number of hydrogen-bond acceptors (Lipinski definition) is 6. The van der Waals surface area contributed by atoms with Crippen molar-refractivity contribution in [1.82, 2.24) is 9.21 Å². The first-order valence-electron chi connectivity index (χ1n) is 9.35. The van der Waals surface area contributed by atoms with E-state index in [0.717, 1.165) is 13.0 Å². The van der Waals surface area contributed by atoms with Crippen LogP contribution in [0.25, 0.3) is 0 Å². The van der Waals surface area contributed by atoms with Gasteiger partial charge in [-0.2, -0.15) is 17.5 Å². The highest BCUT2D eigenvalue weighted by Crippen LogP contribution is 2.27. The summed E-state index contributed by atoms with van der Waals surface area (Å²) in [4.78, 5) is 11.3. The molecule has 8 nitrogen and oxygen atoms in total. The average Bonchev–Trinajstić information content (AvgIpc) is 3.10. The standard InChI is InChI=1S/C16H23FN2O4S.C2HF3O2/c1-22-8-9-23-15-10-14-11-19(7-6-18(14)12-15)24(20,21)16-4-2-13(17)3-5-16;3-2(4,5)1(6)7/h2-5,14-15H,6-12H2,1H3;(H,6,7)/t14-,15+;/m0./s1. The first-order chi connectivity index (χ1) is 14.4. The van der Waals surface area contributed by atoms with E-state index in [1.807, 2.05) is 0 Å². The largest absolute Gasteiger partial charge is 0.490 e. The van der Waals surface area contributed by atoms with Crippen LogP contribution in [-0.2, 0) is 24.3 Å². The van der Waals surface area contributed by atoms with Crippen molar-refractivity contribution >= 4 is 16.0 Å². The highest BCUT2D eigenvalue weighted by atomic mass is 32.2. The summed E-state index contributed by atoms with van der Waals surface area (Å²) in [5.74, 6) is -3.20. The number of piperazine rings is 1. The Bertz CT molecular complexity index is 834. The molecule has 176 valence electrons. The van der Waals surface area contributed by atoms with E-state index in [0.29, 0.717) is 32.8 Å². The van der Waals surface area contributed by atoms with Gasteiger partial charge in [0.15, 0.2) is 0 Å². The number of rotatable bonds is 6. The Morgan fingerprint density at radius 2 is 1.77 bits per heavy atom. The molecule has 31 heavy (non-hydrogen) atoms. The van der Waals surface area contributed by atoms with Crippen LogP contribution in [0, 0.1) is 5.82 Å². The summed E-state index contributed by atoms with van der Waals surface area (Å²) in [5.41, 5.74) is 0. The second-order valence-corrected chi connectivity index (χ2v) is 8.93. The summed E-state index contributed by atoms with van der Waals surface area (Å²) in [6.07, 6.45) is -4.14. The van der Waals surface area contributed by atoms with Crippen LogP contribution in [0.2, 0.25) is 0 Å². The SMILES string of the molecule is COCCO[C@@H]1C[C@H]2CN(S(=O)(=O)c3ccc(F)cc3)CCN2C1.O=C(O)C(F)(F)F. The van der Waals surface area contributed by atoms with Gasteiger partial charge in [-0.15, -0.1) is 0 Å². The number of alkyl halides is 3. The Morgan fingerprint density at radius 1 is 1.16 bits per heavy atom. The molecule has 0 aromatic heterocycles. The summed E-state index contributed by atoms with van der Waals surface area (Å²) in [6, 6.07) is 5.17. The number of nitrogens with zero attached hydrogens (tertiary/aromatic N) is 2. The van der Waals surface area contributed by atoms with Crippen LogP contribution in [0.3, 0.4) is 0 Å². The van der Waals surface area contributed by atoms with E-state index in [1.165, 1.54) is 28.6 Å². The van der Waals surface area contributed by atoms with Crippen molar-refractivity contribution in [3.8, 4) is 0 Å². The topological polar surface area (TPSA) is 96.4 Å². The van der Waals surface area contributed by atoms with Crippen molar-refractivity contribution in [3.63, 3.8) is 0 Å². The fourth-order valence-corrected chi connectivity index (χ4v) is 4.83. The van der Waals surface area contributed by atoms with E-state index in [9.17, 15) is 26.0 Å². The first kappa shape index (κ1) is 25.5. The molecule has 0 spiro atoms. The molecule has 0 bridgehead atoms. The number of sulfonamides is 1. The summed E-state index contributed by atoms with van der Waals surface area (Å²) >= 11 is 0. The van der Waals surface area contributed by atoms with E-state index in [2.05, 4.69) is 4.90 Å². The maximum atomic E-state index is 13.0. The Balaban J connectivity index is 0.000000423. The number of carbonyl (C=O) groups is 1. The Kier molecular flexibility index (Phi) is 8.77. The van der Waals surface area contributed by atoms with Gasteiger partial charge in [-0.05, 0) is 30.7 Å². The lowest BCUT2D eigenvalue weighted by atomic mass is 10.2. The third kappa shape index (κ3) is 7.10. The number of benzene rings is 1. The summed E-state index contributed by atoms with van der Waals surface area (Å²) < 4.78 is 82.5. The van der Waals surface area contributed by atoms with Crippen LogP contribution in [0.4, 0.5) is 17.6 Å². The van der Waals surface area contributed by atoms with Crippen molar-refractivity contribution in [2.45, 2.75) is 29.6 Å². The molecular weight excluding hydrogens is 448 g/mol. The zero-order valence-corrected chi connectivity index (χ0v) is 17.5. The van der Waals surface area contributed by atoms with Gasteiger partial charge in [0.2, 0.25) is 10.0 Å². The fraction of sp³-hybridized carbons (Fsp3) is 0.611. The molecule has 0 amide bonds. The van der Waals surface area contributed by atoms with Crippen LogP contribution in [-0.4, -0.2) is 93.5 Å². The first-order valence-corrected chi connectivity index (χ1v) is 10.8. The number of halogens is 4. The highest BCUT2D eigenvalue weighted by molar-refractivity contribution is 7.89. The van der Waals surface area contributed by atoms with Gasteiger partial charge in [-0.1, -0.05) is 0 Å². The molecule has 3 rings (SSSR count). The number of fused-ring (bicyclic) bond motifs is 1. The molecule has 0 aliphatic carbocycles. The minimum atomic E-state index is -5.08. The Labute approximate surface area is 177 Å². The maximum Gasteiger partial charge on any atom is 0.490 e. The number of carboxylic acid groups (broad SMARTS) is 1. The number of hydrogen-bond donors (Lipinski definition) is 1. The third-order valence-corrected chi connectivity index (χ3v) is 6.75. The number of ether oxygens (including phenoxy) is 2.